The van der Waals surface area contributed by atoms with Crippen LogP contribution in [-0.4, -0.2) is 69.1 Å². The van der Waals surface area contributed by atoms with Crippen LogP contribution in [-0.2, 0) is 20.7 Å². The minimum absolute atomic E-state index is 0.0127. The van der Waals surface area contributed by atoms with Crippen LogP contribution in [0.25, 0.3) is 10.6 Å². The molecule has 8 nitrogen and oxygen atoms in total. The Morgan fingerprint density at radius 3 is 2.59 bits per heavy atom. The van der Waals surface area contributed by atoms with Gasteiger partial charge in [0.1, 0.15) is 35.9 Å². The van der Waals surface area contributed by atoms with E-state index in [0.717, 1.165) is 16.3 Å². The number of aromatic nitrogens is 4. The summed E-state index contributed by atoms with van der Waals surface area (Å²) in [5.74, 6) is 0.0583. The maximum atomic E-state index is 12.8. The number of nitrogens with zero attached hydrogens (tertiary/aromatic N) is 5. The molecule has 5 rings (SSSR count). The molecule has 0 saturated carbocycles. The summed E-state index contributed by atoms with van der Waals surface area (Å²) >= 11 is 1.56. The average Bonchev–Trinajstić information content (AvgIpc) is 3.49. The zero-order chi connectivity index (χ0) is 19.6. The van der Waals surface area contributed by atoms with Crippen molar-refractivity contribution < 1.29 is 14.3 Å². The standard InChI is InChI=1S/C20H21N5O3S/c26-19(6-15-11-29-20(23-15)14-4-2-1-3-5-14)24-7-17-18(8-24)28-10-16(9-27-17)25-13-21-12-22-25/h1-5,11-13,16-18H,6-10H2/t17-,18-/m0/s1. The van der Waals surface area contributed by atoms with Gasteiger partial charge in [-0.25, -0.2) is 14.6 Å². The maximum Gasteiger partial charge on any atom is 0.228 e. The van der Waals surface area contributed by atoms with Crippen LogP contribution in [0.2, 0.25) is 0 Å². The number of fused-ring (bicyclic) bond motifs is 1. The van der Waals surface area contributed by atoms with Gasteiger partial charge in [0.15, 0.2) is 0 Å². The van der Waals surface area contributed by atoms with Gasteiger partial charge in [-0.3, -0.25) is 4.79 Å². The molecule has 1 amide bonds. The molecule has 0 unspecified atom stereocenters. The second kappa shape index (κ2) is 8.02. The number of hydrogen-bond donors (Lipinski definition) is 0. The van der Waals surface area contributed by atoms with Crippen LogP contribution in [0.5, 0.6) is 0 Å². The van der Waals surface area contributed by atoms with Crippen molar-refractivity contribution in [3.05, 3.63) is 54.1 Å². The third-order valence-electron chi connectivity index (χ3n) is 5.29. The van der Waals surface area contributed by atoms with Crippen molar-refractivity contribution in [2.24, 2.45) is 0 Å². The van der Waals surface area contributed by atoms with E-state index in [0.29, 0.717) is 32.7 Å². The smallest absolute Gasteiger partial charge is 0.228 e. The van der Waals surface area contributed by atoms with Crippen molar-refractivity contribution in [2.45, 2.75) is 24.7 Å². The first kappa shape index (κ1) is 18.4. The van der Waals surface area contributed by atoms with E-state index < -0.39 is 0 Å². The number of benzene rings is 1. The molecule has 2 aliphatic rings. The summed E-state index contributed by atoms with van der Waals surface area (Å²) < 4.78 is 13.8. The summed E-state index contributed by atoms with van der Waals surface area (Å²) in [6, 6.07) is 10.0. The molecule has 1 aromatic carbocycles. The van der Waals surface area contributed by atoms with Crippen LogP contribution >= 0.6 is 11.3 Å². The lowest BCUT2D eigenvalue weighted by Crippen LogP contribution is -2.32. The van der Waals surface area contributed by atoms with E-state index in [2.05, 4.69) is 15.1 Å². The number of hydrogen-bond acceptors (Lipinski definition) is 7. The monoisotopic (exact) mass is 411 g/mol. The molecular formula is C20H21N5O3S. The molecule has 2 atom stereocenters. The summed E-state index contributed by atoms with van der Waals surface area (Å²) in [6.45, 7) is 2.09. The van der Waals surface area contributed by atoms with Crippen molar-refractivity contribution in [1.29, 1.82) is 0 Å². The predicted molar refractivity (Wildman–Crippen MR) is 106 cm³/mol. The Morgan fingerprint density at radius 2 is 1.90 bits per heavy atom. The number of rotatable bonds is 4. The number of likely N-dealkylation sites (tertiary alicyclic amines) is 1. The first-order valence-electron chi connectivity index (χ1n) is 9.61. The molecule has 0 spiro atoms. The topological polar surface area (TPSA) is 82.4 Å². The highest BCUT2D eigenvalue weighted by molar-refractivity contribution is 7.13. The van der Waals surface area contributed by atoms with Crippen LogP contribution in [0.4, 0.5) is 0 Å². The molecule has 29 heavy (non-hydrogen) atoms. The normalized spacial score (nSPS) is 22.4. The molecule has 2 aliphatic heterocycles. The predicted octanol–water partition coefficient (Wildman–Crippen LogP) is 1.81. The van der Waals surface area contributed by atoms with Crippen LogP contribution in [0.1, 0.15) is 11.7 Å². The molecule has 0 aliphatic carbocycles. The van der Waals surface area contributed by atoms with Crippen molar-refractivity contribution in [3.63, 3.8) is 0 Å². The van der Waals surface area contributed by atoms with Crippen molar-refractivity contribution in [3.8, 4) is 10.6 Å². The number of amides is 1. The van der Waals surface area contributed by atoms with E-state index in [1.54, 1.807) is 22.3 Å². The minimum atomic E-state index is -0.109. The van der Waals surface area contributed by atoms with Crippen molar-refractivity contribution in [2.75, 3.05) is 26.3 Å². The first-order valence-corrected chi connectivity index (χ1v) is 10.5. The molecule has 150 valence electrons. The van der Waals surface area contributed by atoms with Gasteiger partial charge < -0.3 is 14.4 Å². The third-order valence-corrected chi connectivity index (χ3v) is 6.23. The molecule has 2 saturated heterocycles. The highest BCUT2D eigenvalue weighted by Crippen LogP contribution is 2.26. The Hall–Kier alpha value is -2.62. The van der Waals surface area contributed by atoms with Crippen LogP contribution in [0, 0.1) is 0 Å². The van der Waals surface area contributed by atoms with Gasteiger partial charge in [-0.2, -0.15) is 5.10 Å². The molecule has 3 aromatic rings. The van der Waals surface area contributed by atoms with E-state index in [1.807, 2.05) is 40.6 Å². The van der Waals surface area contributed by atoms with Gasteiger partial charge in [0.2, 0.25) is 5.91 Å². The Kier molecular flexibility index (Phi) is 5.09. The Balaban J connectivity index is 1.18. The molecule has 2 fully saturated rings. The van der Waals surface area contributed by atoms with E-state index in [-0.39, 0.29) is 24.2 Å². The van der Waals surface area contributed by atoms with E-state index in [4.69, 9.17) is 9.47 Å². The van der Waals surface area contributed by atoms with Gasteiger partial charge in [-0.05, 0) is 0 Å². The lowest BCUT2D eigenvalue weighted by atomic mass is 10.2. The fraction of sp³-hybridized carbons (Fsp3) is 0.400. The molecular weight excluding hydrogens is 390 g/mol. The summed E-state index contributed by atoms with van der Waals surface area (Å²) in [5.41, 5.74) is 1.88. The highest BCUT2D eigenvalue weighted by Gasteiger charge is 2.39. The van der Waals surface area contributed by atoms with Crippen LogP contribution in [0.15, 0.2) is 48.4 Å². The van der Waals surface area contributed by atoms with Crippen LogP contribution < -0.4 is 0 Å². The van der Waals surface area contributed by atoms with Gasteiger partial charge in [0, 0.05) is 24.0 Å². The lowest BCUT2D eigenvalue weighted by molar-refractivity contribution is -0.130. The Labute approximate surface area is 172 Å². The Bertz CT molecular complexity index is 946. The third kappa shape index (κ3) is 3.93. The molecule has 0 bridgehead atoms. The van der Waals surface area contributed by atoms with Gasteiger partial charge in [-0.1, -0.05) is 30.3 Å². The summed E-state index contributed by atoms with van der Waals surface area (Å²) in [4.78, 5) is 23.2. The summed E-state index contributed by atoms with van der Waals surface area (Å²) in [5, 5.41) is 7.06. The molecule has 2 aromatic heterocycles. The number of carbonyl (C=O) groups excluding carboxylic acids is 1. The number of carbonyl (C=O) groups is 1. The zero-order valence-electron chi connectivity index (χ0n) is 15.8. The fourth-order valence-corrected chi connectivity index (χ4v) is 4.54. The maximum absolute atomic E-state index is 12.8. The average molecular weight is 411 g/mol. The Morgan fingerprint density at radius 1 is 1.14 bits per heavy atom. The SMILES string of the molecule is O=C(Cc1csc(-c2ccccc2)n1)N1C[C@@H]2OCC(n3cncn3)CO[C@H]2C1. The van der Waals surface area contributed by atoms with E-state index >= 15 is 0 Å². The summed E-state index contributed by atoms with van der Waals surface area (Å²) in [7, 11) is 0. The number of ether oxygens (including phenoxy) is 2. The molecule has 4 heterocycles. The second-order valence-corrected chi connectivity index (χ2v) is 8.12. The summed E-state index contributed by atoms with van der Waals surface area (Å²) in [6.07, 6.45) is 3.26. The van der Waals surface area contributed by atoms with Gasteiger partial charge in [-0.15, -0.1) is 11.3 Å². The first-order chi connectivity index (χ1) is 14.3. The fourth-order valence-electron chi connectivity index (χ4n) is 3.71. The van der Waals surface area contributed by atoms with E-state index in [9.17, 15) is 4.79 Å². The second-order valence-electron chi connectivity index (χ2n) is 7.26. The molecule has 9 heteroatoms. The highest BCUT2D eigenvalue weighted by atomic mass is 32.1. The zero-order valence-corrected chi connectivity index (χ0v) is 16.6. The molecule has 0 radical (unpaired) electrons. The van der Waals surface area contributed by atoms with E-state index in [1.165, 1.54) is 6.33 Å². The van der Waals surface area contributed by atoms with Gasteiger partial charge >= 0.3 is 0 Å². The van der Waals surface area contributed by atoms with Gasteiger partial charge in [0.05, 0.1) is 25.3 Å². The van der Waals surface area contributed by atoms with Crippen LogP contribution in [0.3, 0.4) is 0 Å². The largest absolute Gasteiger partial charge is 0.371 e. The minimum Gasteiger partial charge on any atom is -0.371 e. The van der Waals surface area contributed by atoms with Crippen molar-refractivity contribution in [1.82, 2.24) is 24.6 Å². The lowest BCUT2D eigenvalue weighted by Gasteiger charge is -2.18. The molecule has 0 N–H and O–H groups in total. The number of thiazole rings is 1. The van der Waals surface area contributed by atoms with Gasteiger partial charge in [0.25, 0.3) is 0 Å². The quantitative estimate of drug-likeness (QED) is 0.651. The van der Waals surface area contributed by atoms with Crippen molar-refractivity contribution >= 4 is 17.2 Å².